The Kier molecular flexibility index (Phi) is 4.86. The van der Waals surface area contributed by atoms with Gasteiger partial charge < -0.3 is 15.4 Å². The van der Waals surface area contributed by atoms with Crippen LogP contribution < -0.4 is 10.6 Å². The molecule has 6 heteroatoms. The largest absolute Gasteiger partial charge is 0.444 e. The summed E-state index contributed by atoms with van der Waals surface area (Å²) in [5, 5.41) is 8.46. The molecular weight excluding hydrogens is 274 g/mol. The first kappa shape index (κ1) is 15.1. The van der Waals surface area contributed by atoms with Gasteiger partial charge in [-0.1, -0.05) is 0 Å². The fraction of sp³-hybridized carbons (Fsp3) is 0.714. The standard InChI is InChI=1S/C14H23N3O2S/c1-14(2,3)19-13(18)16-9-7-11-17-10-6-4-5-8-15-12(10)20-11/h15H,4-9H2,1-3H3,(H,16,18). The van der Waals surface area contributed by atoms with Crippen molar-refractivity contribution in [2.45, 2.75) is 52.1 Å². The van der Waals surface area contributed by atoms with Gasteiger partial charge in [-0.05, 0) is 40.0 Å². The molecule has 2 heterocycles. The number of alkyl carbamates (subject to hydrolysis) is 1. The Morgan fingerprint density at radius 3 is 3.00 bits per heavy atom. The minimum absolute atomic E-state index is 0.367. The van der Waals surface area contributed by atoms with Crippen LogP contribution in [0.15, 0.2) is 0 Å². The molecule has 112 valence electrons. The first-order valence-corrected chi connectivity index (χ1v) is 7.95. The number of fused-ring (bicyclic) bond motifs is 1. The maximum atomic E-state index is 11.5. The Morgan fingerprint density at radius 1 is 1.45 bits per heavy atom. The van der Waals surface area contributed by atoms with E-state index in [1.165, 1.54) is 23.5 Å². The van der Waals surface area contributed by atoms with Crippen LogP contribution in [0.3, 0.4) is 0 Å². The molecule has 0 radical (unpaired) electrons. The van der Waals surface area contributed by atoms with E-state index in [1.54, 1.807) is 11.3 Å². The van der Waals surface area contributed by atoms with E-state index in [0.29, 0.717) is 6.54 Å². The second-order valence-corrected chi connectivity index (χ2v) is 7.03. The van der Waals surface area contributed by atoms with E-state index in [4.69, 9.17) is 4.74 Å². The van der Waals surface area contributed by atoms with Crippen LogP contribution in [0.5, 0.6) is 0 Å². The predicted molar refractivity (Wildman–Crippen MR) is 81.5 cm³/mol. The van der Waals surface area contributed by atoms with Crippen molar-refractivity contribution < 1.29 is 9.53 Å². The maximum Gasteiger partial charge on any atom is 0.407 e. The quantitative estimate of drug-likeness (QED) is 0.900. The normalized spacial score (nSPS) is 14.9. The molecule has 0 saturated heterocycles. The van der Waals surface area contributed by atoms with Crippen molar-refractivity contribution in [1.82, 2.24) is 10.3 Å². The highest BCUT2D eigenvalue weighted by atomic mass is 32.1. The highest BCUT2D eigenvalue weighted by Gasteiger charge is 2.16. The highest BCUT2D eigenvalue weighted by molar-refractivity contribution is 7.15. The number of carbonyl (C=O) groups is 1. The van der Waals surface area contributed by atoms with Crippen LogP contribution in [-0.4, -0.2) is 29.8 Å². The van der Waals surface area contributed by atoms with E-state index in [1.807, 2.05) is 20.8 Å². The molecule has 0 unspecified atom stereocenters. The molecule has 1 amide bonds. The van der Waals surface area contributed by atoms with Gasteiger partial charge in [0.1, 0.15) is 10.6 Å². The van der Waals surface area contributed by atoms with Crippen molar-refractivity contribution in [1.29, 1.82) is 0 Å². The lowest BCUT2D eigenvalue weighted by Gasteiger charge is -2.19. The first-order chi connectivity index (χ1) is 9.44. The number of ether oxygens (including phenoxy) is 1. The molecule has 1 aliphatic heterocycles. The minimum atomic E-state index is -0.452. The van der Waals surface area contributed by atoms with Crippen LogP contribution >= 0.6 is 11.3 Å². The third kappa shape index (κ3) is 4.67. The van der Waals surface area contributed by atoms with Gasteiger partial charge in [-0.15, -0.1) is 11.3 Å². The number of thiazole rings is 1. The van der Waals surface area contributed by atoms with Gasteiger partial charge in [-0.2, -0.15) is 0 Å². The summed E-state index contributed by atoms with van der Waals surface area (Å²) in [7, 11) is 0. The summed E-state index contributed by atoms with van der Waals surface area (Å²) in [4.78, 5) is 16.2. The van der Waals surface area contributed by atoms with E-state index >= 15 is 0 Å². The number of hydrogen-bond donors (Lipinski definition) is 2. The summed E-state index contributed by atoms with van der Waals surface area (Å²) in [6, 6.07) is 0. The van der Waals surface area contributed by atoms with Crippen molar-refractivity contribution in [2.24, 2.45) is 0 Å². The van der Waals surface area contributed by atoms with Crippen molar-refractivity contribution in [2.75, 3.05) is 18.4 Å². The molecule has 0 fully saturated rings. The monoisotopic (exact) mass is 297 g/mol. The van der Waals surface area contributed by atoms with Gasteiger partial charge in [-0.25, -0.2) is 9.78 Å². The summed E-state index contributed by atoms with van der Waals surface area (Å²) in [6.07, 6.45) is 3.84. The topological polar surface area (TPSA) is 63.2 Å². The first-order valence-electron chi connectivity index (χ1n) is 7.13. The fourth-order valence-electron chi connectivity index (χ4n) is 2.02. The zero-order valence-corrected chi connectivity index (χ0v) is 13.2. The van der Waals surface area contributed by atoms with Crippen molar-refractivity contribution in [3.05, 3.63) is 10.7 Å². The molecule has 0 saturated carbocycles. The number of amides is 1. The SMILES string of the molecule is CC(C)(C)OC(=O)NCCc1nc2c(s1)NCCCC2. The smallest absolute Gasteiger partial charge is 0.407 e. The molecule has 0 atom stereocenters. The summed E-state index contributed by atoms with van der Waals surface area (Å²) in [5.74, 6) is 0. The van der Waals surface area contributed by atoms with Crippen LogP contribution in [0.2, 0.25) is 0 Å². The fourth-order valence-corrected chi connectivity index (χ4v) is 3.06. The van der Waals surface area contributed by atoms with E-state index in [-0.39, 0.29) is 6.09 Å². The zero-order valence-electron chi connectivity index (χ0n) is 12.4. The van der Waals surface area contributed by atoms with Crippen LogP contribution in [0.1, 0.15) is 44.3 Å². The zero-order chi connectivity index (χ0) is 14.6. The number of aryl methyl sites for hydroxylation is 1. The average Bonchev–Trinajstić information content (AvgIpc) is 2.57. The van der Waals surface area contributed by atoms with E-state index in [9.17, 15) is 4.79 Å². The van der Waals surface area contributed by atoms with Crippen LogP contribution in [-0.2, 0) is 17.6 Å². The maximum absolute atomic E-state index is 11.5. The number of carbonyl (C=O) groups excluding carboxylic acids is 1. The molecule has 2 rings (SSSR count). The number of nitrogens with one attached hydrogen (secondary N) is 2. The van der Waals surface area contributed by atoms with Gasteiger partial charge in [0.15, 0.2) is 0 Å². The number of hydrogen-bond acceptors (Lipinski definition) is 5. The van der Waals surface area contributed by atoms with Crippen molar-refractivity contribution >= 4 is 22.4 Å². The molecule has 1 aromatic rings. The van der Waals surface area contributed by atoms with Gasteiger partial charge in [0.2, 0.25) is 0 Å². The molecule has 5 nitrogen and oxygen atoms in total. The van der Waals surface area contributed by atoms with Crippen LogP contribution in [0.4, 0.5) is 9.80 Å². The average molecular weight is 297 g/mol. The molecule has 0 bridgehead atoms. The summed E-state index contributed by atoms with van der Waals surface area (Å²) < 4.78 is 5.19. The van der Waals surface area contributed by atoms with E-state index in [2.05, 4.69) is 15.6 Å². The summed E-state index contributed by atoms with van der Waals surface area (Å²) >= 11 is 1.70. The summed E-state index contributed by atoms with van der Waals surface area (Å²) in [6.45, 7) is 7.16. The van der Waals surface area contributed by atoms with E-state index in [0.717, 1.165) is 24.4 Å². The summed E-state index contributed by atoms with van der Waals surface area (Å²) in [5.41, 5.74) is 0.728. The molecular formula is C14H23N3O2S. The van der Waals surface area contributed by atoms with Gasteiger partial charge in [0.25, 0.3) is 0 Å². The van der Waals surface area contributed by atoms with Gasteiger partial charge in [0.05, 0.1) is 10.7 Å². The number of aromatic nitrogens is 1. The molecule has 0 aliphatic carbocycles. The Morgan fingerprint density at radius 2 is 2.25 bits per heavy atom. The Hall–Kier alpha value is -1.30. The molecule has 0 aromatic carbocycles. The molecule has 20 heavy (non-hydrogen) atoms. The van der Waals surface area contributed by atoms with E-state index < -0.39 is 5.60 Å². The second-order valence-electron chi connectivity index (χ2n) is 5.95. The van der Waals surface area contributed by atoms with Gasteiger partial charge in [0, 0.05) is 19.5 Å². The third-order valence-electron chi connectivity index (χ3n) is 2.87. The van der Waals surface area contributed by atoms with Crippen LogP contribution in [0.25, 0.3) is 0 Å². The highest BCUT2D eigenvalue weighted by Crippen LogP contribution is 2.28. The lowest BCUT2D eigenvalue weighted by atomic mass is 10.2. The number of nitrogens with zero attached hydrogens (tertiary/aromatic N) is 1. The van der Waals surface area contributed by atoms with Gasteiger partial charge in [-0.3, -0.25) is 0 Å². The Balaban J connectivity index is 1.79. The Bertz CT molecular complexity index is 442. The molecule has 2 N–H and O–H groups in total. The minimum Gasteiger partial charge on any atom is -0.444 e. The second kappa shape index (κ2) is 6.43. The van der Waals surface area contributed by atoms with Crippen molar-refractivity contribution in [3.8, 4) is 0 Å². The number of anilines is 1. The molecule has 1 aliphatic rings. The van der Waals surface area contributed by atoms with Crippen molar-refractivity contribution in [3.63, 3.8) is 0 Å². The third-order valence-corrected chi connectivity index (χ3v) is 3.99. The predicted octanol–water partition coefficient (Wildman–Crippen LogP) is 2.96. The molecule has 1 aromatic heterocycles. The molecule has 0 spiro atoms. The lowest BCUT2D eigenvalue weighted by Crippen LogP contribution is -2.33. The van der Waals surface area contributed by atoms with Gasteiger partial charge >= 0.3 is 6.09 Å². The number of rotatable bonds is 3. The Labute approximate surface area is 124 Å². The lowest BCUT2D eigenvalue weighted by molar-refractivity contribution is 0.0528. The van der Waals surface area contributed by atoms with Crippen LogP contribution in [0, 0.1) is 0 Å².